The molecule has 6 nitrogen and oxygen atoms in total. The van der Waals surface area contributed by atoms with Crippen molar-refractivity contribution in [2.24, 2.45) is 0 Å². The minimum atomic E-state index is -0.323. The van der Waals surface area contributed by atoms with Gasteiger partial charge in [0.25, 0.3) is 0 Å². The minimum Gasteiger partial charge on any atom is -0.302 e. The van der Waals surface area contributed by atoms with E-state index in [0.717, 1.165) is 30.0 Å². The van der Waals surface area contributed by atoms with Crippen LogP contribution in [0.25, 0.3) is 17.2 Å². The highest BCUT2D eigenvalue weighted by atomic mass is 32.2. The summed E-state index contributed by atoms with van der Waals surface area (Å²) >= 11 is 1.35. The van der Waals surface area contributed by atoms with Crippen LogP contribution in [0.15, 0.2) is 59.9 Å². The highest BCUT2D eigenvalue weighted by molar-refractivity contribution is 7.99. The number of halogens is 1. The summed E-state index contributed by atoms with van der Waals surface area (Å²) in [6.07, 6.45) is 3.75. The van der Waals surface area contributed by atoms with E-state index in [0.29, 0.717) is 22.1 Å². The van der Waals surface area contributed by atoms with Crippen molar-refractivity contribution in [1.29, 1.82) is 0 Å². The molecule has 1 fully saturated rings. The van der Waals surface area contributed by atoms with Crippen LogP contribution in [0.5, 0.6) is 0 Å². The largest absolute Gasteiger partial charge is 0.302 e. The number of carbonyl (C=O) groups is 1. The molecule has 1 aromatic carbocycles. The third-order valence-corrected chi connectivity index (χ3v) is 6.58. The van der Waals surface area contributed by atoms with E-state index in [1.807, 2.05) is 47.2 Å². The third kappa shape index (κ3) is 3.75. The van der Waals surface area contributed by atoms with Crippen molar-refractivity contribution in [3.63, 3.8) is 0 Å². The average molecular weight is 448 g/mol. The molecule has 0 amide bonds. The number of benzene rings is 1. The quantitative estimate of drug-likeness (QED) is 0.288. The van der Waals surface area contributed by atoms with Crippen LogP contribution in [0, 0.1) is 19.7 Å². The molecule has 8 heteroatoms. The smallest absolute Gasteiger partial charge is 0.192 e. The van der Waals surface area contributed by atoms with Crippen molar-refractivity contribution < 1.29 is 9.18 Å². The van der Waals surface area contributed by atoms with Crippen LogP contribution in [0.1, 0.15) is 40.6 Å². The number of aromatic nitrogens is 5. The van der Waals surface area contributed by atoms with Crippen LogP contribution in [0.2, 0.25) is 0 Å². The van der Waals surface area contributed by atoms with Crippen LogP contribution < -0.4 is 0 Å². The molecule has 1 saturated carbocycles. The molecular weight excluding hydrogens is 425 g/mol. The number of ketones is 1. The zero-order valence-electron chi connectivity index (χ0n) is 17.8. The Morgan fingerprint density at radius 2 is 1.91 bits per heavy atom. The molecule has 0 atom stereocenters. The van der Waals surface area contributed by atoms with Gasteiger partial charge in [-0.05, 0) is 57.0 Å². The molecule has 1 aliphatic carbocycles. The Labute approximate surface area is 189 Å². The Hall–Kier alpha value is -3.26. The van der Waals surface area contributed by atoms with Gasteiger partial charge in [0, 0.05) is 29.2 Å². The standard InChI is InChI=1S/C24H22FN5OS/c1-15-13-19(16(2)29(15)22-9-5-6-12-26-22)21(31)14-32-24-28-27-23(30(24)17-10-11-17)18-7-3-4-8-20(18)25/h3-9,12-13,17H,10-11,14H2,1-2H3. The zero-order chi connectivity index (χ0) is 22.2. The monoisotopic (exact) mass is 447 g/mol. The number of nitrogens with zero attached hydrogens (tertiary/aromatic N) is 5. The van der Waals surface area contributed by atoms with E-state index in [2.05, 4.69) is 15.2 Å². The van der Waals surface area contributed by atoms with Gasteiger partial charge in [0.2, 0.25) is 0 Å². The third-order valence-electron chi connectivity index (χ3n) is 5.63. The molecule has 3 heterocycles. The summed E-state index contributed by atoms with van der Waals surface area (Å²) in [5.41, 5.74) is 2.93. The lowest BCUT2D eigenvalue weighted by atomic mass is 10.2. The highest BCUT2D eigenvalue weighted by Crippen LogP contribution is 2.41. The molecule has 32 heavy (non-hydrogen) atoms. The van der Waals surface area contributed by atoms with E-state index in [9.17, 15) is 9.18 Å². The van der Waals surface area contributed by atoms with Crippen molar-refractivity contribution >= 4 is 17.5 Å². The van der Waals surface area contributed by atoms with E-state index < -0.39 is 0 Å². The normalized spacial score (nSPS) is 13.5. The van der Waals surface area contributed by atoms with Gasteiger partial charge in [-0.1, -0.05) is 30.0 Å². The van der Waals surface area contributed by atoms with Gasteiger partial charge >= 0.3 is 0 Å². The lowest BCUT2D eigenvalue weighted by molar-refractivity contribution is 0.102. The Kier molecular flexibility index (Phi) is 5.38. The van der Waals surface area contributed by atoms with Crippen LogP contribution in [-0.4, -0.2) is 35.9 Å². The number of Topliss-reactive ketones (excluding diaryl/α,β-unsaturated/α-hetero) is 1. The molecule has 162 valence electrons. The first kappa shape index (κ1) is 20.6. The minimum absolute atomic E-state index is 0.0167. The first-order valence-corrected chi connectivity index (χ1v) is 11.5. The summed E-state index contributed by atoms with van der Waals surface area (Å²) in [5.74, 6) is 1.24. The predicted octanol–water partition coefficient (Wildman–Crippen LogP) is 5.20. The van der Waals surface area contributed by atoms with Crippen LogP contribution in [-0.2, 0) is 0 Å². The molecule has 5 rings (SSSR count). The number of hydrogen-bond donors (Lipinski definition) is 0. The Bertz CT molecular complexity index is 1290. The second-order valence-corrected chi connectivity index (χ2v) is 8.85. The van der Waals surface area contributed by atoms with Gasteiger partial charge in [0.15, 0.2) is 16.8 Å². The number of hydrogen-bond acceptors (Lipinski definition) is 5. The number of thioether (sulfide) groups is 1. The maximum Gasteiger partial charge on any atom is 0.192 e. The summed E-state index contributed by atoms with van der Waals surface area (Å²) in [6.45, 7) is 3.90. The highest BCUT2D eigenvalue weighted by Gasteiger charge is 2.31. The second kappa shape index (κ2) is 8.35. The molecule has 0 N–H and O–H groups in total. The Morgan fingerprint density at radius 1 is 1.12 bits per heavy atom. The molecule has 4 aromatic rings. The fraction of sp³-hybridized carbons (Fsp3) is 0.250. The molecule has 0 radical (unpaired) electrons. The zero-order valence-corrected chi connectivity index (χ0v) is 18.6. The summed E-state index contributed by atoms with van der Waals surface area (Å²) in [7, 11) is 0. The van der Waals surface area contributed by atoms with E-state index in [4.69, 9.17) is 0 Å². The lowest BCUT2D eigenvalue weighted by Gasteiger charge is -2.10. The molecule has 0 bridgehead atoms. The summed E-state index contributed by atoms with van der Waals surface area (Å²) in [4.78, 5) is 17.5. The summed E-state index contributed by atoms with van der Waals surface area (Å²) in [5, 5.41) is 9.21. The summed E-state index contributed by atoms with van der Waals surface area (Å²) in [6, 6.07) is 14.5. The van der Waals surface area contributed by atoms with Crippen LogP contribution in [0.4, 0.5) is 4.39 Å². The first-order chi connectivity index (χ1) is 15.5. The first-order valence-electron chi connectivity index (χ1n) is 10.5. The number of carbonyl (C=O) groups excluding carboxylic acids is 1. The lowest BCUT2D eigenvalue weighted by Crippen LogP contribution is -2.07. The van der Waals surface area contributed by atoms with Gasteiger partial charge in [-0.15, -0.1) is 10.2 Å². The number of aryl methyl sites for hydroxylation is 1. The topological polar surface area (TPSA) is 65.6 Å². The molecule has 0 unspecified atom stereocenters. The Morgan fingerprint density at radius 3 is 2.62 bits per heavy atom. The van der Waals surface area contributed by atoms with Crippen molar-refractivity contribution in [3.05, 3.63) is 77.5 Å². The maximum absolute atomic E-state index is 14.4. The fourth-order valence-electron chi connectivity index (χ4n) is 3.96. The fourth-order valence-corrected chi connectivity index (χ4v) is 4.84. The van der Waals surface area contributed by atoms with Crippen molar-refractivity contribution in [3.8, 4) is 17.2 Å². The van der Waals surface area contributed by atoms with E-state index in [-0.39, 0.29) is 23.4 Å². The van der Waals surface area contributed by atoms with Crippen LogP contribution in [0.3, 0.4) is 0 Å². The molecule has 3 aromatic heterocycles. The van der Waals surface area contributed by atoms with Gasteiger partial charge in [0.1, 0.15) is 11.6 Å². The van der Waals surface area contributed by atoms with Crippen molar-refractivity contribution in [2.45, 2.75) is 37.9 Å². The number of pyridine rings is 1. The van der Waals surface area contributed by atoms with E-state index in [1.54, 1.807) is 24.4 Å². The van der Waals surface area contributed by atoms with Gasteiger partial charge in [-0.3, -0.25) is 9.36 Å². The van der Waals surface area contributed by atoms with Crippen molar-refractivity contribution in [2.75, 3.05) is 5.75 Å². The molecule has 0 aliphatic heterocycles. The molecule has 0 saturated heterocycles. The molecule has 0 spiro atoms. The molecular formula is C24H22FN5OS. The van der Waals surface area contributed by atoms with Crippen molar-refractivity contribution in [1.82, 2.24) is 24.3 Å². The predicted molar refractivity (Wildman–Crippen MR) is 122 cm³/mol. The van der Waals surface area contributed by atoms with Crippen LogP contribution >= 0.6 is 11.8 Å². The van der Waals surface area contributed by atoms with E-state index >= 15 is 0 Å². The SMILES string of the molecule is Cc1cc(C(=O)CSc2nnc(-c3ccccc3F)n2C2CC2)c(C)n1-c1ccccn1. The van der Waals surface area contributed by atoms with E-state index in [1.165, 1.54) is 17.8 Å². The Balaban J connectivity index is 1.39. The molecule has 1 aliphatic rings. The average Bonchev–Trinajstić information content (AvgIpc) is 3.48. The van der Waals surface area contributed by atoms with Gasteiger partial charge < -0.3 is 4.57 Å². The number of rotatable bonds is 7. The second-order valence-electron chi connectivity index (χ2n) is 7.91. The summed E-state index contributed by atoms with van der Waals surface area (Å²) < 4.78 is 18.3. The maximum atomic E-state index is 14.4. The van der Waals surface area contributed by atoms with Gasteiger partial charge in [-0.2, -0.15) is 0 Å². The van der Waals surface area contributed by atoms with Gasteiger partial charge in [-0.25, -0.2) is 9.37 Å². The van der Waals surface area contributed by atoms with Gasteiger partial charge in [0.05, 0.1) is 11.3 Å².